The standard InChI is InChI=1S/C12H13N5O4/c1-21-12(20)9-3-2-4-13-11(9)14-5-8-6-17(16-15-8)7-10(18)19/h2-4,6H,5,7H2,1H3,(H,13,14)(H,18,19). The monoisotopic (exact) mass is 291 g/mol. The number of carbonyl (C=O) groups excluding carboxylic acids is 1. The number of ether oxygens (including phenoxy) is 1. The molecule has 0 radical (unpaired) electrons. The first-order chi connectivity index (χ1) is 10.1. The summed E-state index contributed by atoms with van der Waals surface area (Å²) in [5.74, 6) is -1.14. The van der Waals surface area contributed by atoms with Gasteiger partial charge < -0.3 is 15.2 Å². The lowest BCUT2D eigenvalue weighted by Crippen LogP contribution is -2.10. The summed E-state index contributed by atoms with van der Waals surface area (Å²) in [6, 6.07) is 3.21. The molecule has 2 aromatic rings. The van der Waals surface area contributed by atoms with Crippen molar-refractivity contribution >= 4 is 17.8 Å². The van der Waals surface area contributed by atoms with E-state index >= 15 is 0 Å². The molecule has 110 valence electrons. The van der Waals surface area contributed by atoms with Gasteiger partial charge in [-0.1, -0.05) is 5.21 Å². The molecule has 0 aliphatic heterocycles. The van der Waals surface area contributed by atoms with Crippen molar-refractivity contribution in [3.8, 4) is 0 Å². The number of esters is 1. The molecule has 0 fully saturated rings. The number of carboxylic acid groups (broad SMARTS) is 1. The Labute approximate surface area is 119 Å². The van der Waals surface area contributed by atoms with Crippen LogP contribution >= 0.6 is 0 Å². The third-order valence-corrected chi connectivity index (χ3v) is 2.53. The fraction of sp³-hybridized carbons (Fsp3) is 0.250. The number of anilines is 1. The molecule has 0 amide bonds. The van der Waals surface area contributed by atoms with E-state index in [1.165, 1.54) is 24.2 Å². The van der Waals surface area contributed by atoms with Crippen LogP contribution in [0.3, 0.4) is 0 Å². The maximum atomic E-state index is 11.6. The molecule has 9 heteroatoms. The van der Waals surface area contributed by atoms with Gasteiger partial charge in [0, 0.05) is 6.20 Å². The molecule has 0 saturated heterocycles. The molecule has 2 aromatic heterocycles. The quantitative estimate of drug-likeness (QED) is 0.722. The Hall–Kier alpha value is -2.97. The average molecular weight is 291 g/mol. The van der Waals surface area contributed by atoms with Crippen molar-refractivity contribution < 1.29 is 19.4 Å². The number of rotatable bonds is 6. The number of carbonyl (C=O) groups is 2. The molecule has 9 nitrogen and oxygen atoms in total. The zero-order chi connectivity index (χ0) is 15.2. The highest BCUT2D eigenvalue weighted by atomic mass is 16.5. The van der Waals surface area contributed by atoms with E-state index in [4.69, 9.17) is 5.11 Å². The largest absolute Gasteiger partial charge is 0.480 e. The minimum Gasteiger partial charge on any atom is -0.480 e. The van der Waals surface area contributed by atoms with Crippen LogP contribution in [0.15, 0.2) is 24.5 Å². The van der Waals surface area contributed by atoms with Crippen molar-refractivity contribution in [2.24, 2.45) is 0 Å². The third-order valence-electron chi connectivity index (χ3n) is 2.53. The number of carboxylic acids is 1. The molecule has 0 aromatic carbocycles. The van der Waals surface area contributed by atoms with Crippen LogP contribution in [0.5, 0.6) is 0 Å². The second-order valence-corrected chi connectivity index (χ2v) is 4.05. The highest BCUT2D eigenvalue weighted by Gasteiger charge is 2.12. The fourth-order valence-electron chi connectivity index (χ4n) is 1.63. The summed E-state index contributed by atoms with van der Waals surface area (Å²) in [6.45, 7) is -0.00930. The molecule has 0 spiro atoms. The van der Waals surface area contributed by atoms with Gasteiger partial charge in [0.05, 0.1) is 19.9 Å². The summed E-state index contributed by atoms with van der Waals surface area (Å²) in [5, 5.41) is 19.1. The Morgan fingerprint density at radius 1 is 1.48 bits per heavy atom. The average Bonchev–Trinajstić information content (AvgIpc) is 2.91. The van der Waals surface area contributed by atoms with E-state index in [1.807, 2.05) is 0 Å². The lowest BCUT2D eigenvalue weighted by Gasteiger charge is -2.07. The molecule has 0 aliphatic rings. The minimum atomic E-state index is -1.00. The number of aromatic nitrogens is 4. The predicted molar refractivity (Wildman–Crippen MR) is 70.6 cm³/mol. The second kappa shape index (κ2) is 6.46. The first-order valence-corrected chi connectivity index (χ1v) is 5.98. The maximum absolute atomic E-state index is 11.6. The summed E-state index contributed by atoms with van der Waals surface area (Å²) < 4.78 is 5.87. The molecule has 0 bridgehead atoms. The van der Waals surface area contributed by atoms with Crippen LogP contribution in [0.4, 0.5) is 5.82 Å². The van der Waals surface area contributed by atoms with Crippen LogP contribution < -0.4 is 5.32 Å². The van der Waals surface area contributed by atoms with Gasteiger partial charge in [-0.3, -0.25) is 4.79 Å². The zero-order valence-electron chi connectivity index (χ0n) is 11.2. The number of nitrogens with one attached hydrogen (secondary N) is 1. The van der Waals surface area contributed by atoms with Crippen molar-refractivity contribution in [2.45, 2.75) is 13.1 Å². The molecule has 0 atom stereocenters. The molecule has 21 heavy (non-hydrogen) atoms. The molecule has 0 aliphatic carbocycles. The Morgan fingerprint density at radius 2 is 2.29 bits per heavy atom. The molecular weight excluding hydrogens is 278 g/mol. The summed E-state index contributed by atoms with van der Waals surface area (Å²) in [7, 11) is 1.29. The van der Waals surface area contributed by atoms with E-state index in [9.17, 15) is 9.59 Å². The van der Waals surface area contributed by atoms with Crippen molar-refractivity contribution in [3.63, 3.8) is 0 Å². The van der Waals surface area contributed by atoms with Gasteiger partial charge in [0.15, 0.2) is 0 Å². The summed E-state index contributed by atoms with van der Waals surface area (Å²) in [5.41, 5.74) is 0.829. The van der Waals surface area contributed by atoms with E-state index in [-0.39, 0.29) is 13.1 Å². The molecule has 0 saturated carbocycles. The minimum absolute atomic E-state index is 0.251. The van der Waals surface area contributed by atoms with Gasteiger partial charge in [0.1, 0.15) is 23.6 Å². The molecule has 2 N–H and O–H groups in total. The van der Waals surface area contributed by atoms with Gasteiger partial charge in [-0.2, -0.15) is 0 Å². The van der Waals surface area contributed by atoms with Crippen molar-refractivity contribution in [1.82, 2.24) is 20.0 Å². The fourth-order valence-corrected chi connectivity index (χ4v) is 1.63. The number of nitrogens with zero attached hydrogens (tertiary/aromatic N) is 4. The zero-order valence-corrected chi connectivity index (χ0v) is 11.2. The van der Waals surface area contributed by atoms with Crippen LogP contribution in [0.1, 0.15) is 16.1 Å². The smallest absolute Gasteiger partial charge is 0.341 e. The lowest BCUT2D eigenvalue weighted by molar-refractivity contribution is -0.137. The Kier molecular flexibility index (Phi) is 4.44. The number of methoxy groups -OCH3 is 1. The lowest BCUT2D eigenvalue weighted by atomic mass is 10.2. The van der Waals surface area contributed by atoms with Crippen LogP contribution in [0.2, 0.25) is 0 Å². The predicted octanol–water partition coefficient (Wildman–Crippen LogP) is 0.156. The van der Waals surface area contributed by atoms with Gasteiger partial charge in [-0.25, -0.2) is 14.5 Å². The van der Waals surface area contributed by atoms with E-state index in [1.54, 1.807) is 12.1 Å². The highest BCUT2D eigenvalue weighted by molar-refractivity contribution is 5.94. The van der Waals surface area contributed by atoms with Crippen LogP contribution in [-0.4, -0.2) is 44.1 Å². The number of hydrogen-bond acceptors (Lipinski definition) is 7. The van der Waals surface area contributed by atoms with E-state index in [0.717, 1.165) is 0 Å². The van der Waals surface area contributed by atoms with E-state index in [0.29, 0.717) is 17.1 Å². The maximum Gasteiger partial charge on any atom is 0.341 e. The van der Waals surface area contributed by atoms with Crippen LogP contribution in [0.25, 0.3) is 0 Å². The van der Waals surface area contributed by atoms with Gasteiger partial charge in [-0.15, -0.1) is 5.10 Å². The number of hydrogen-bond donors (Lipinski definition) is 2. The van der Waals surface area contributed by atoms with Gasteiger partial charge in [0.25, 0.3) is 0 Å². The summed E-state index contributed by atoms with van der Waals surface area (Å²) in [6.07, 6.45) is 3.04. The summed E-state index contributed by atoms with van der Waals surface area (Å²) in [4.78, 5) is 26.2. The van der Waals surface area contributed by atoms with Gasteiger partial charge in [-0.05, 0) is 12.1 Å². The van der Waals surface area contributed by atoms with Gasteiger partial charge >= 0.3 is 11.9 Å². The number of pyridine rings is 1. The second-order valence-electron chi connectivity index (χ2n) is 4.05. The first kappa shape index (κ1) is 14.4. The molecule has 2 heterocycles. The SMILES string of the molecule is COC(=O)c1cccnc1NCc1cn(CC(=O)O)nn1. The Balaban J connectivity index is 2.05. The third kappa shape index (κ3) is 3.75. The molecule has 2 rings (SSSR count). The van der Waals surface area contributed by atoms with Crippen LogP contribution in [-0.2, 0) is 22.6 Å². The van der Waals surface area contributed by atoms with Crippen molar-refractivity contribution in [1.29, 1.82) is 0 Å². The van der Waals surface area contributed by atoms with Crippen LogP contribution in [0, 0.1) is 0 Å². The number of aliphatic carboxylic acids is 1. The normalized spacial score (nSPS) is 10.1. The van der Waals surface area contributed by atoms with E-state index < -0.39 is 11.9 Å². The molecular formula is C12H13N5O4. The first-order valence-electron chi connectivity index (χ1n) is 5.98. The van der Waals surface area contributed by atoms with Gasteiger partial charge in [0.2, 0.25) is 0 Å². The molecule has 0 unspecified atom stereocenters. The Morgan fingerprint density at radius 3 is 3.00 bits per heavy atom. The van der Waals surface area contributed by atoms with E-state index in [2.05, 4.69) is 25.3 Å². The highest BCUT2D eigenvalue weighted by Crippen LogP contribution is 2.13. The van der Waals surface area contributed by atoms with Crippen molar-refractivity contribution in [2.75, 3.05) is 12.4 Å². The topological polar surface area (TPSA) is 119 Å². The van der Waals surface area contributed by atoms with Crippen molar-refractivity contribution in [3.05, 3.63) is 35.8 Å². The summed E-state index contributed by atoms with van der Waals surface area (Å²) >= 11 is 0. The Bertz CT molecular complexity index is 655.